The van der Waals surface area contributed by atoms with Gasteiger partial charge in [-0.2, -0.15) is 0 Å². The maximum Gasteiger partial charge on any atom is 0.360 e. The van der Waals surface area contributed by atoms with Crippen LogP contribution in [0, 0.1) is 0 Å². The lowest BCUT2D eigenvalue weighted by Gasteiger charge is -2.02. The minimum absolute atomic E-state index is 0.109. The number of carbonyl (C=O) groups is 2. The van der Waals surface area contributed by atoms with Crippen LogP contribution in [-0.4, -0.2) is 33.9 Å². The van der Waals surface area contributed by atoms with Crippen molar-refractivity contribution in [2.24, 2.45) is 0 Å². The summed E-state index contributed by atoms with van der Waals surface area (Å²) in [7, 11) is 0. The molecule has 0 amide bonds. The Balaban J connectivity index is 2.35. The molecule has 92 valence electrons. The van der Waals surface area contributed by atoms with Crippen LogP contribution in [0.5, 0.6) is 0 Å². The van der Waals surface area contributed by atoms with Gasteiger partial charge in [-0.3, -0.25) is 4.79 Å². The van der Waals surface area contributed by atoms with E-state index in [0.717, 1.165) is 6.29 Å². The van der Waals surface area contributed by atoms with E-state index in [4.69, 9.17) is 4.74 Å². The fraction of sp³-hybridized carbons (Fsp3) is 0.167. The van der Waals surface area contributed by atoms with Crippen LogP contribution in [-0.2, 0) is 4.74 Å². The molecule has 0 atom stereocenters. The Morgan fingerprint density at radius 3 is 2.94 bits per heavy atom. The normalized spacial score (nSPS) is 10.1. The summed E-state index contributed by atoms with van der Waals surface area (Å²) in [6, 6.07) is 6.89. The molecule has 0 radical (unpaired) electrons. The van der Waals surface area contributed by atoms with Crippen LogP contribution in [0.3, 0.4) is 0 Å². The maximum absolute atomic E-state index is 11.4. The van der Waals surface area contributed by atoms with Gasteiger partial charge in [-0.15, -0.1) is 5.10 Å². The average Bonchev–Trinajstić information content (AvgIpc) is 2.88. The first-order valence-corrected chi connectivity index (χ1v) is 5.40. The number of para-hydroxylation sites is 1. The molecule has 2 aromatic rings. The quantitative estimate of drug-likeness (QED) is 0.598. The van der Waals surface area contributed by atoms with Crippen molar-refractivity contribution < 1.29 is 14.3 Å². The van der Waals surface area contributed by atoms with Crippen LogP contribution in [0.2, 0.25) is 0 Å². The molecular formula is C12H11N3O3. The van der Waals surface area contributed by atoms with Crippen molar-refractivity contribution in [3.05, 3.63) is 41.7 Å². The monoisotopic (exact) mass is 245 g/mol. The number of hydrogen-bond donors (Lipinski definition) is 0. The van der Waals surface area contributed by atoms with E-state index in [2.05, 4.69) is 10.3 Å². The summed E-state index contributed by atoms with van der Waals surface area (Å²) >= 11 is 0. The predicted octanol–water partition coefficient (Wildman–Crippen LogP) is 1.26. The van der Waals surface area contributed by atoms with Crippen LogP contribution in [0.4, 0.5) is 0 Å². The third-order valence-corrected chi connectivity index (χ3v) is 2.29. The summed E-state index contributed by atoms with van der Waals surface area (Å²) in [5, 5.41) is 7.51. The molecule has 0 aliphatic heterocycles. The van der Waals surface area contributed by atoms with Crippen LogP contribution in [0.25, 0.3) is 5.69 Å². The van der Waals surface area contributed by atoms with Gasteiger partial charge in [0, 0.05) is 5.56 Å². The molecule has 0 aliphatic rings. The van der Waals surface area contributed by atoms with Gasteiger partial charge in [0.05, 0.1) is 18.5 Å². The first-order valence-electron chi connectivity index (χ1n) is 5.40. The minimum Gasteiger partial charge on any atom is -0.461 e. The van der Waals surface area contributed by atoms with Gasteiger partial charge in [0.1, 0.15) is 0 Å². The number of carbonyl (C=O) groups excluding carboxylic acids is 2. The lowest BCUT2D eigenvalue weighted by atomic mass is 10.2. The third-order valence-electron chi connectivity index (χ3n) is 2.29. The van der Waals surface area contributed by atoms with E-state index in [-0.39, 0.29) is 12.3 Å². The Bertz CT molecular complexity index is 577. The third kappa shape index (κ3) is 2.27. The van der Waals surface area contributed by atoms with Crippen LogP contribution < -0.4 is 0 Å². The van der Waals surface area contributed by atoms with Gasteiger partial charge in [-0.25, -0.2) is 9.48 Å². The topological polar surface area (TPSA) is 74.1 Å². The molecule has 6 heteroatoms. The molecule has 0 aliphatic carbocycles. The number of benzene rings is 1. The molecule has 2 rings (SSSR count). The van der Waals surface area contributed by atoms with E-state index in [1.165, 1.54) is 10.9 Å². The molecule has 0 spiro atoms. The predicted molar refractivity (Wildman–Crippen MR) is 62.7 cm³/mol. The number of hydrogen-bond acceptors (Lipinski definition) is 5. The minimum atomic E-state index is -0.535. The van der Waals surface area contributed by atoms with Gasteiger partial charge >= 0.3 is 5.97 Å². The van der Waals surface area contributed by atoms with Crippen molar-refractivity contribution in [2.45, 2.75) is 6.92 Å². The van der Waals surface area contributed by atoms with Crippen molar-refractivity contribution in [3.8, 4) is 5.69 Å². The van der Waals surface area contributed by atoms with E-state index in [1.54, 1.807) is 31.2 Å². The molecule has 1 heterocycles. The summed E-state index contributed by atoms with van der Waals surface area (Å²) in [4.78, 5) is 22.3. The van der Waals surface area contributed by atoms with Gasteiger partial charge in [-0.05, 0) is 19.1 Å². The second-order valence-corrected chi connectivity index (χ2v) is 3.45. The molecule has 0 N–H and O–H groups in total. The van der Waals surface area contributed by atoms with Crippen molar-refractivity contribution >= 4 is 12.3 Å². The highest BCUT2D eigenvalue weighted by Gasteiger charge is 2.13. The van der Waals surface area contributed by atoms with E-state index in [0.29, 0.717) is 11.3 Å². The molecule has 1 aromatic carbocycles. The SMILES string of the molecule is CCOC(=O)c1cn(-c2ccccc2C=O)nn1. The highest BCUT2D eigenvalue weighted by molar-refractivity contribution is 5.87. The Labute approximate surface area is 103 Å². The number of aromatic nitrogens is 3. The molecule has 0 saturated carbocycles. The molecule has 0 unspecified atom stereocenters. The largest absolute Gasteiger partial charge is 0.461 e. The smallest absolute Gasteiger partial charge is 0.360 e. The number of aldehydes is 1. The highest BCUT2D eigenvalue weighted by Crippen LogP contribution is 2.11. The number of rotatable bonds is 4. The molecule has 18 heavy (non-hydrogen) atoms. The summed E-state index contributed by atoms with van der Waals surface area (Å²) in [5.74, 6) is -0.535. The summed E-state index contributed by atoms with van der Waals surface area (Å²) < 4.78 is 6.18. The summed E-state index contributed by atoms with van der Waals surface area (Å²) in [6.45, 7) is 1.99. The van der Waals surface area contributed by atoms with Gasteiger partial charge in [0.25, 0.3) is 0 Å². The second-order valence-electron chi connectivity index (χ2n) is 3.45. The first-order chi connectivity index (χ1) is 8.76. The fourth-order valence-corrected chi connectivity index (χ4v) is 1.48. The highest BCUT2D eigenvalue weighted by atomic mass is 16.5. The zero-order valence-corrected chi connectivity index (χ0v) is 9.74. The molecule has 1 aromatic heterocycles. The van der Waals surface area contributed by atoms with Crippen LogP contribution in [0.1, 0.15) is 27.8 Å². The van der Waals surface area contributed by atoms with Crippen LogP contribution >= 0.6 is 0 Å². The zero-order valence-electron chi connectivity index (χ0n) is 9.74. The van der Waals surface area contributed by atoms with Crippen molar-refractivity contribution in [1.29, 1.82) is 0 Å². The Hall–Kier alpha value is -2.50. The molecule has 0 saturated heterocycles. The van der Waals surface area contributed by atoms with E-state index in [9.17, 15) is 9.59 Å². The molecular weight excluding hydrogens is 234 g/mol. The first kappa shape index (κ1) is 12.0. The number of nitrogens with zero attached hydrogens (tertiary/aromatic N) is 3. The summed E-state index contributed by atoms with van der Waals surface area (Å²) in [6.07, 6.45) is 2.15. The van der Waals surface area contributed by atoms with Gasteiger partial charge in [0.2, 0.25) is 0 Å². The van der Waals surface area contributed by atoms with E-state index in [1.807, 2.05) is 0 Å². The number of ether oxygens (including phenoxy) is 1. The van der Waals surface area contributed by atoms with Gasteiger partial charge < -0.3 is 4.74 Å². The Kier molecular flexibility index (Phi) is 3.47. The van der Waals surface area contributed by atoms with Crippen molar-refractivity contribution in [3.63, 3.8) is 0 Å². The maximum atomic E-state index is 11.4. The standard InChI is InChI=1S/C12H11N3O3/c1-2-18-12(17)10-7-15(14-13-10)11-6-4-3-5-9(11)8-16/h3-8H,2H2,1H3. The zero-order chi connectivity index (χ0) is 13.0. The molecule has 0 bridgehead atoms. The van der Waals surface area contributed by atoms with Gasteiger partial charge in [0.15, 0.2) is 12.0 Å². The molecule has 0 fully saturated rings. The second kappa shape index (κ2) is 5.22. The summed E-state index contributed by atoms with van der Waals surface area (Å²) in [5.41, 5.74) is 1.14. The lowest BCUT2D eigenvalue weighted by Crippen LogP contribution is -2.04. The lowest BCUT2D eigenvalue weighted by molar-refractivity contribution is 0.0519. The average molecular weight is 245 g/mol. The van der Waals surface area contributed by atoms with E-state index < -0.39 is 5.97 Å². The fourth-order valence-electron chi connectivity index (χ4n) is 1.48. The molecule has 6 nitrogen and oxygen atoms in total. The van der Waals surface area contributed by atoms with E-state index >= 15 is 0 Å². The number of esters is 1. The Morgan fingerprint density at radius 1 is 1.44 bits per heavy atom. The van der Waals surface area contributed by atoms with Crippen molar-refractivity contribution in [1.82, 2.24) is 15.0 Å². The Morgan fingerprint density at radius 2 is 2.22 bits per heavy atom. The van der Waals surface area contributed by atoms with Gasteiger partial charge in [-0.1, -0.05) is 17.3 Å². The van der Waals surface area contributed by atoms with Crippen LogP contribution in [0.15, 0.2) is 30.5 Å². The van der Waals surface area contributed by atoms with Crippen molar-refractivity contribution in [2.75, 3.05) is 6.61 Å².